The first-order valence-corrected chi connectivity index (χ1v) is 9.15. The number of ether oxygens (including phenoxy) is 2. The molecule has 0 aliphatic rings. The number of benzene rings is 2. The van der Waals surface area contributed by atoms with Crippen LogP contribution in [-0.4, -0.2) is 31.7 Å². The highest BCUT2D eigenvalue weighted by molar-refractivity contribution is 5.79. The summed E-state index contributed by atoms with van der Waals surface area (Å²) in [6.07, 6.45) is 1.66. The van der Waals surface area contributed by atoms with Gasteiger partial charge in [-0.15, -0.1) is 0 Å². The number of rotatable bonds is 8. The lowest BCUT2D eigenvalue weighted by Crippen LogP contribution is -2.36. The van der Waals surface area contributed by atoms with Gasteiger partial charge in [-0.25, -0.2) is 4.98 Å². The lowest BCUT2D eigenvalue weighted by atomic mass is 10.2. The summed E-state index contributed by atoms with van der Waals surface area (Å²) in [6, 6.07) is 14.3. The van der Waals surface area contributed by atoms with E-state index in [0.29, 0.717) is 35.5 Å². The third kappa shape index (κ3) is 5.69. The minimum absolute atomic E-state index is 0.0638. The molecular weight excluding hydrogens is 394 g/mol. The topological polar surface area (TPSA) is 80.9 Å². The fourth-order valence-electron chi connectivity index (χ4n) is 2.72. The average Bonchev–Trinajstić information content (AvgIpc) is 3.24. The second-order valence-electron chi connectivity index (χ2n) is 6.12. The molecule has 0 spiro atoms. The molecule has 3 rings (SSSR count). The average molecular weight is 416 g/mol. The third-order valence-electron chi connectivity index (χ3n) is 4.17. The Morgan fingerprint density at radius 3 is 2.60 bits per heavy atom. The number of aliphatic imine (C=N–C) groups is 1. The van der Waals surface area contributed by atoms with E-state index in [1.807, 2.05) is 30.3 Å². The molecule has 1 heterocycles. The van der Waals surface area contributed by atoms with Gasteiger partial charge >= 0.3 is 6.61 Å². The number of alkyl halides is 2. The van der Waals surface area contributed by atoms with E-state index < -0.39 is 6.61 Å². The highest BCUT2D eigenvalue weighted by Crippen LogP contribution is 2.25. The molecule has 0 aliphatic heterocycles. The van der Waals surface area contributed by atoms with Gasteiger partial charge in [0.25, 0.3) is 0 Å². The van der Waals surface area contributed by atoms with Crippen molar-refractivity contribution in [3.8, 4) is 22.8 Å². The molecule has 0 bridgehead atoms. The highest BCUT2D eigenvalue weighted by atomic mass is 19.3. The van der Waals surface area contributed by atoms with Gasteiger partial charge in [0, 0.05) is 24.7 Å². The van der Waals surface area contributed by atoms with E-state index in [-0.39, 0.29) is 12.3 Å². The number of oxazole rings is 1. The van der Waals surface area contributed by atoms with Gasteiger partial charge < -0.3 is 24.5 Å². The van der Waals surface area contributed by atoms with Crippen LogP contribution >= 0.6 is 0 Å². The first-order chi connectivity index (χ1) is 14.6. The van der Waals surface area contributed by atoms with Gasteiger partial charge in [0.2, 0.25) is 5.89 Å². The molecular formula is C21H22F2N4O3. The summed E-state index contributed by atoms with van der Waals surface area (Å²) in [5.74, 6) is 2.19. The predicted molar refractivity (Wildman–Crippen MR) is 109 cm³/mol. The van der Waals surface area contributed by atoms with Gasteiger partial charge in [0.05, 0.1) is 19.9 Å². The number of hydrogen-bond acceptors (Lipinski definition) is 5. The molecule has 2 N–H and O–H groups in total. The van der Waals surface area contributed by atoms with Gasteiger partial charge in [0.15, 0.2) is 11.7 Å². The highest BCUT2D eigenvalue weighted by Gasteiger charge is 2.12. The van der Waals surface area contributed by atoms with Crippen molar-refractivity contribution >= 4 is 5.96 Å². The second-order valence-corrected chi connectivity index (χ2v) is 6.12. The first-order valence-electron chi connectivity index (χ1n) is 9.15. The Kier molecular flexibility index (Phi) is 7.20. The molecule has 0 aliphatic carbocycles. The van der Waals surface area contributed by atoms with Crippen molar-refractivity contribution in [2.24, 2.45) is 4.99 Å². The maximum absolute atomic E-state index is 12.7. The van der Waals surface area contributed by atoms with Crippen LogP contribution in [0.4, 0.5) is 8.78 Å². The van der Waals surface area contributed by atoms with Crippen LogP contribution in [0.5, 0.6) is 11.5 Å². The molecule has 2 aromatic carbocycles. The summed E-state index contributed by atoms with van der Waals surface area (Å²) in [5, 5.41) is 6.12. The molecule has 30 heavy (non-hydrogen) atoms. The standard InChI is InChI=1S/C21H22F2N4O3/c1-24-21(26-11-15-10-16(28-2)8-9-17(15)30-20(22)23)27-13-19-25-12-18(29-19)14-6-4-3-5-7-14/h3-10,12,20H,11,13H2,1-2H3,(H2,24,26,27). The fourth-order valence-corrected chi connectivity index (χ4v) is 2.72. The smallest absolute Gasteiger partial charge is 0.387 e. The molecule has 0 radical (unpaired) electrons. The van der Waals surface area contributed by atoms with E-state index in [0.717, 1.165) is 5.56 Å². The summed E-state index contributed by atoms with van der Waals surface area (Å²) in [6.45, 7) is -2.43. The largest absolute Gasteiger partial charge is 0.497 e. The monoisotopic (exact) mass is 416 g/mol. The van der Waals surface area contributed by atoms with E-state index in [1.165, 1.54) is 13.2 Å². The summed E-state index contributed by atoms with van der Waals surface area (Å²) < 4.78 is 40.8. The number of nitrogens with zero attached hydrogens (tertiary/aromatic N) is 2. The fraction of sp³-hybridized carbons (Fsp3) is 0.238. The SMILES string of the molecule is CN=C(NCc1ncc(-c2ccccc2)o1)NCc1cc(OC)ccc1OC(F)F. The van der Waals surface area contributed by atoms with Crippen molar-refractivity contribution in [3.05, 3.63) is 66.2 Å². The van der Waals surface area contributed by atoms with Crippen LogP contribution in [0.15, 0.2) is 64.1 Å². The summed E-state index contributed by atoms with van der Waals surface area (Å²) >= 11 is 0. The van der Waals surface area contributed by atoms with Crippen LogP contribution < -0.4 is 20.1 Å². The zero-order valence-electron chi connectivity index (χ0n) is 16.6. The lowest BCUT2D eigenvalue weighted by Gasteiger charge is -2.15. The molecule has 0 atom stereocenters. The van der Waals surface area contributed by atoms with E-state index >= 15 is 0 Å². The van der Waals surface area contributed by atoms with Crippen molar-refractivity contribution in [1.82, 2.24) is 15.6 Å². The van der Waals surface area contributed by atoms with E-state index in [2.05, 4.69) is 25.3 Å². The number of aromatic nitrogens is 1. The molecule has 0 unspecified atom stereocenters. The molecule has 0 amide bonds. The second kappa shape index (κ2) is 10.2. The molecule has 0 fully saturated rings. The Balaban J connectivity index is 1.60. The van der Waals surface area contributed by atoms with Crippen LogP contribution in [0.25, 0.3) is 11.3 Å². The Bertz CT molecular complexity index is 977. The normalized spacial score (nSPS) is 11.4. The maximum atomic E-state index is 12.7. The molecule has 3 aromatic rings. The van der Waals surface area contributed by atoms with Crippen molar-refractivity contribution in [3.63, 3.8) is 0 Å². The molecule has 158 valence electrons. The number of methoxy groups -OCH3 is 1. The zero-order chi connectivity index (χ0) is 21.3. The number of nitrogens with one attached hydrogen (secondary N) is 2. The predicted octanol–water partition coefficient (Wildman–Crippen LogP) is 3.82. The van der Waals surface area contributed by atoms with Crippen LogP contribution in [0.1, 0.15) is 11.5 Å². The lowest BCUT2D eigenvalue weighted by molar-refractivity contribution is -0.0505. The zero-order valence-corrected chi connectivity index (χ0v) is 16.6. The van der Waals surface area contributed by atoms with Crippen LogP contribution in [0, 0.1) is 0 Å². The van der Waals surface area contributed by atoms with E-state index in [4.69, 9.17) is 9.15 Å². The number of halogens is 2. The van der Waals surface area contributed by atoms with Gasteiger partial charge in [-0.05, 0) is 18.2 Å². The van der Waals surface area contributed by atoms with Crippen molar-refractivity contribution in [1.29, 1.82) is 0 Å². The Hall–Kier alpha value is -3.62. The van der Waals surface area contributed by atoms with Gasteiger partial charge in [0.1, 0.15) is 11.5 Å². The van der Waals surface area contributed by atoms with Crippen LogP contribution in [-0.2, 0) is 13.1 Å². The maximum Gasteiger partial charge on any atom is 0.387 e. The minimum Gasteiger partial charge on any atom is -0.497 e. The van der Waals surface area contributed by atoms with E-state index in [9.17, 15) is 8.78 Å². The molecule has 0 saturated heterocycles. The molecule has 7 nitrogen and oxygen atoms in total. The van der Waals surface area contributed by atoms with Gasteiger partial charge in [-0.1, -0.05) is 30.3 Å². The minimum atomic E-state index is -2.92. The van der Waals surface area contributed by atoms with Crippen molar-refractivity contribution < 1.29 is 22.7 Å². The van der Waals surface area contributed by atoms with Crippen LogP contribution in [0.3, 0.4) is 0 Å². The van der Waals surface area contributed by atoms with Crippen molar-refractivity contribution in [2.45, 2.75) is 19.7 Å². The number of guanidine groups is 1. The summed E-state index contributed by atoms with van der Waals surface area (Å²) in [5.41, 5.74) is 1.43. The third-order valence-corrected chi connectivity index (χ3v) is 4.17. The summed E-state index contributed by atoms with van der Waals surface area (Å²) in [4.78, 5) is 8.38. The van der Waals surface area contributed by atoms with Crippen LogP contribution in [0.2, 0.25) is 0 Å². The molecule has 1 aromatic heterocycles. The quantitative estimate of drug-likeness (QED) is 0.429. The van der Waals surface area contributed by atoms with E-state index in [1.54, 1.807) is 25.4 Å². The Labute approximate surface area is 172 Å². The van der Waals surface area contributed by atoms with Gasteiger partial charge in [-0.2, -0.15) is 8.78 Å². The van der Waals surface area contributed by atoms with Crippen molar-refractivity contribution in [2.75, 3.05) is 14.2 Å². The number of hydrogen-bond donors (Lipinski definition) is 2. The first kappa shape index (κ1) is 21.1. The molecule has 0 saturated carbocycles. The Morgan fingerprint density at radius 1 is 1.13 bits per heavy atom. The Morgan fingerprint density at radius 2 is 1.90 bits per heavy atom. The summed E-state index contributed by atoms with van der Waals surface area (Å²) in [7, 11) is 3.10. The van der Waals surface area contributed by atoms with Gasteiger partial charge in [-0.3, -0.25) is 4.99 Å². The molecule has 9 heteroatoms.